The van der Waals surface area contributed by atoms with E-state index in [1.807, 2.05) is 0 Å². The molecule has 2 rings (SSSR count). The molecule has 1 aliphatic rings. The molecule has 1 aromatic heterocycles. The van der Waals surface area contributed by atoms with Gasteiger partial charge in [-0.05, 0) is 25.9 Å². The van der Waals surface area contributed by atoms with Crippen LogP contribution in [0, 0.1) is 0 Å². The highest BCUT2D eigenvalue weighted by atomic mass is 32.1. The number of aromatic nitrogens is 1. The summed E-state index contributed by atoms with van der Waals surface area (Å²) in [5, 5.41) is 7.07. The average Bonchev–Trinajstić information content (AvgIpc) is 2.79. The first kappa shape index (κ1) is 11.5. The minimum absolute atomic E-state index is 0.0405. The number of rotatable bonds is 2. The molecule has 0 bridgehead atoms. The van der Waals surface area contributed by atoms with Crippen LogP contribution in [0.3, 0.4) is 0 Å². The highest BCUT2D eigenvalue weighted by molar-refractivity contribution is 7.13. The second-order valence-electron chi connectivity index (χ2n) is 4.42. The number of nitrogens with zero attached hydrogens (tertiary/aromatic N) is 1. The van der Waals surface area contributed by atoms with E-state index in [1.54, 1.807) is 13.2 Å². The Morgan fingerprint density at radius 2 is 2.25 bits per heavy atom. The highest BCUT2D eigenvalue weighted by Gasteiger charge is 2.32. The number of carbonyl (C=O) groups excluding carboxylic acids is 1. The molecule has 1 amide bonds. The maximum atomic E-state index is 11.5. The fraction of sp³-hybridized carbons (Fsp3) is 0.636. The molecule has 0 aromatic carbocycles. The van der Waals surface area contributed by atoms with Gasteiger partial charge in [0.25, 0.3) is 5.91 Å². The van der Waals surface area contributed by atoms with Gasteiger partial charge in [-0.3, -0.25) is 4.79 Å². The molecule has 0 radical (unpaired) electrons. The molecule has 4 nitrogen and oxygen atoms in total. The molecule has 16 heavy (non-hydrogen) atoms. The summed E-state index contributed by atoms with van der Waals surface area (Å²) in [6, 6.07) is 0. The fourth-order valence-corrected chi connectivity index (χ4v) is 3.04. The van der Waals surface area contributed by atoms with Crippen LogP contribution in [0.4, 0.5) is 0 Å². The zero-order chi connectivity index (χ0) is 11.6. The first-order valence-electron chi connectivity index (χ1n) is 5.55. The number of amides is 1. The molecule has 1 aromatic rings. The van der Waals surface area contributed by atoms with E-state index >= 15 is 0 Å². The van der Waals surface area contributed by atoms with Crippen molar-refractivity contribution in [3.05, 3.63) is 16.1 Å². The molecule has 2 heterocycles. The van der Waals surface area contributed by atoms with Gasteiger partial charge in [0.1, 0.15) is 4.88 Å². The van der Waals surface area contributed by atoms with Crippen molar-refractivity contribution in [1.29, 1.82) is 0 Å². The molecular formula is C11H17N3OS. The van der Waals surface area contributed by atoms with E-state index in [0.717, 1.165) is 30.9 Å². The lowest BCUT2D eigenvalue weighted by atomic mass is 9.82. The van der Waals surface area contributed by atoms with Crippen molar-refractivity contribution < 1.29 is 4.79 Å². The number of hydrogen-bond donors (Lipinski definition) is 2. The van der Waals surface area contributed by atoms with Crippen LogP contribution in [0.15, 0.2) is 6.20 Å². The van der Waals surface area contributed by atoms with Crippen molar-refractivity contribution in [3.63, 3.8) is 0 Å². The zero-order valence-electron chi connectivity index (χ0n) is 9.67. The third-order valence-corrected chi connectivity index (χ3v) is 4.48. The Kier molecular flexibility index (Phi) is 3.25. The van der Waals surface area contributed by atoms with Gasteiger partial charge in [-0.2, -0.15) is 0 Å². The molecule has 1 fully saturated rings. The quantitative estimate of drug-likeness (QED) is 0.814. The fourth-order valence-electron chi connectivity index (χ4n) is 1.97. The van der Waals surface area contributed by atoms with Gasteiger partial charge in [0, 0.05) is 12.5 Å². The molecule has 0 spiro atoms. The topological polar surface area (TPSA) is 54.0 Å². The SMILES string of the molecule is CNC(=O)c1cnc(C2(C)CCNCC2)s1. The van der Waals surface area contributed by atoms with Gasteiger partial charge in [-0.25, -0.2) is 4.98 Å². The van der Waals surface area contributed by atoms with E-state index in [4.69, 9.17) is 0 Å². The van der Waals surface area contributed by atoms with Crippen LogP contribution in [-0.2, 0) is 5.41 Å². The minimum Gasteiger partial charge on any atom is -0.354 e. The van der Waals surface area contributed by atoms with Crippen molar-refractivity contribution in [1.82, 2.24) is 15.6 Å². The molecular weight excluding hydrogens is 222 g/mol. The Labute approximate surface area is 99.5 Å². The average molecular weight is 239 g/mol. The summed E-state index contributed by atoms with van der Waals surface area (Å²) in [6.45, 7) is 4.30. The van der Waals surface area contributed by atoms with E-state index in [9.17, 15) is 4.79 Å². The Bertz CT molecular complexity index is 382. The summed E-state index contributed by atoms with van der Waals surface area (Å²) >= 11 is 1.52. The van der Waals surface area contributed by atoms with Crippen LogP contribution < -0.4 is 10.6 Å². The van der Waals surface area contributed by atoms with Gasteiger partial charge in [0.05, 0.1) is 11.2 Å². The first-order valence-corrected chi connectivity index (χ1v) is 6.36. The number of carbonyl (C=O) groups is 1. The molecule has 1 saturated heterocycles. The van der Waals surface area contributed by atoms with Gasteiger partial charge in [-0.15, -0.1) is 11.3 Å². The van der Waals surface area contributed by atoms with Gasteiger partial charge < -0.3 is 10.6 Å². The van der Waals surface area contributed by atoms with Gasteiger partial charge in [-0.1, -0.05) is 6.92 Å². The molecule has 0 saturated carbocycles. The van der Waals surface area contributed by atoms with E-state index in [0.29, 0.717) is 4.88 Å². The molecule has 1 aliphatic heterocycles. The Morgan fingerprint density at radius 1 is 1.56 bits per heavy atom. The lowest BCUT2D eigenvalue weighted by molar-refractivity contribution is 0.0967. The monoisotopic (exact) mass is 239 g/mol. The second-order valence-corrected chi connectivity index (χ2v) is 5.45. The third kappa shape index (κ3) is 2.10. The predicted molar refractivity (Wildman–Crippen MR) is 65.0 cm³/mol. The molecule has 0 unspecified atom stereocenters. The maximum Gasteiger partial charge on any atom is 0.262 e. The Hall–Kier alpha value is -0.940. The smallest absolute Gasteiger partial charge is 0.262 e. The predicted octanol–water partition coefficient (Wildman–Crippen LogP) is 1.14. The normalized spacial score (nSPS) is 19.4. The third-order valence-electron chi connectivity index (χ3n) is 3.18. The molecule has 88 valence electrons. The summed E-state index contributed by atoms with van der Waals surface area (Å²) in [5.41, 5.74) is 0.141. The van der Waals surface area contributed by atoms with Crippen molar-refractivity contribution >= 4 is 17.2 Å². The number of thiazole rings is 1. The summed E-state index contributed by atoms with van der Waals surface area (Å²) in [6.07, 6.45) is 3.87. The van der Waals surface area contributed by atoms with E-state index in [2.05, 4.69) is 22.5 Å². The van der Waals surface area contributed by atoms with Crippen LogP contribution >= 0.6 is 11.3 Å². The lowest BCUT2D eigenvalue weighted by Crippen LogP contribution is -2.37. The zero-order valence-corrected chi connectivity index (χ0v) is 10.5. The van der Waals surface area contributed by atoms with Gasteiger partial charge >= 0.3 is 0 Å². The summed E-state index contributed by atoms with van der Waals surface area (Å²) < 4.78 is 0. The lowest BCUT2D eigenvalue weighted by Gasteiger charge is -2.31. The number of piperidine rings is 1. The maximum absolute atomic E-state index is 11.5. The van der Waals surface area contributed by atoms with Crippen LogP contribution in [0.1, 0.15) is 34.4 Å². The minimum atomic E-state index is -0.0405. The standard InChI is InChI=1S/C11H17N3OS/c1-11(3-5-13-6-4-11)10-14-7-8(16-10)9(15)12-2/h7,13H,3-6H2,1-2H3,(H,12,15). The Balaban J connectivity index is 2.20. The largest absolute Gasteiger partial charge is 0.354 e. The van der Waals surface area contributed by atoms with E-state index in [1.165, 1.54) is 11.3 Å². The molecule has 5 heteroatoms. The Morgan fingerprint density at radius 3 is 2.88 bits per heavy atom. The van der Waals surface area contributed by atoms with Gasteiger partial charge in [0.15, 0.2) is 0 Å². The van der Waals surface area contributed by atoms with Crippen molar-refractivity contribution in [2.45, 2.75) is 25.2 Å². The van der Waals surface area contributed by atoms with E-state index in [-0.39, 0.29) is 11.3 Å². The van der Waals surface area contributed by atoms with E-state index < -0.39 is 0 Å². The van der Waals surface area contributed by atoms with Crippen molar-refractivity contribution in [3.8, 4) is 0 Å². The highest BCUT2D eigenvalue weighted by Crippen LogP contribution is 2.35. The first-order chi connectivity index (χ1) is 7.65. The molecule has 0 aliphatic carbocycles. The second kappa shape index (κ2) is 4.51. The van der Waals surface area contributed by atoms with Crippen LogP contribution in [0.25, 0.3) is 0 Å². The van der Waals surface area contributed by atoms with Crippen LogP contribution in [-0.4, -0.2) is 31.0 Å². The van der Waals surface area contributed by atoms with Gasteiger partial charge in [0.2, 0.25) is 0 Å². The summed E-state index contributed by atoms with van der Waals surface area (Å²) in [5.74, 6) is -0.0405. The van der Waals surface area contributed by atoms with Crippen molar-refractivity contribution in [2.75, 3.05) is 20.1 Å². The summed E-state index contributed by atoms with van der Waals surface area (Å²) in [7, 11) is 1.65. The summed E-state index contributed by atoms with van der Waals surface area (Å²) in [4.78, 5) is 16.6. The number of nitrogens with one attached hydrogen (secondary N) is 2. The van der Waals surface area contributed by atoms with Crippen LogP contribution in [0.2, 0.25) is 0 Å². The molecule has 2 N–H and O–H groups in total. The van der Waals surface area contributed by atoms with Crippen molar-refractivity contribution in [2.24, 2.45) is 0 Å². The number of hydrogen-bond acceptors (Lipinski definition) is 4. The van der Waals surface area contributed by atoms with Crippen LogP contribution in [0.5, 0.6) is 0 Å². The molecule has 0 atom stereocenters.